The second-order valence-electron chi connectivity index (χ2n) is 6.47. The third-order valence-corrected chi connectivity index (χ3v) is 5.53. The number of alkyl halides is 1. The number of benzene rings is 1. The van der Waals surface area contributed by atoms with Gasteiger partial charge < -0.3 is 9.47 Å². The van der Waals surface area contributed by atoms with Gasteiger partial charge in [-0.15, -0.1) is 0 Å². The summed E-state index contributed by atoms with van der Waals surface area (Å²) in [6, 6.07) is 9.62. The molecule has 0 radical (unpaired) electrons. The molecule has 0 N–H and O–H groups in total. The van der Waals surface area contributed by atoms with Crippen molar-refractivity contribution in [1.29, 1.82) is 0 Å². The molecule has 0 bridgehead atoms. The smallest absolute Gasteiger partial charge is 0.417 e. The van der Waals surface area contributed by atoms with E-state index in [1.54, 1.807) is 7.11 Å². The molecular formula is C18H22BrNO4. The van der Waals surface area contributed by atoms with Gasteiger partial charge in [0.2, 0.25) is 5.91 Å². The number of carbonyl (C=O) groups is 2. The topological polar surface area (TPSA) is 55.8 Å². The molecule has 0 aromatic heterocycles. The summed E-state index contributed by atoms with van der Waals surface area (Å²) in [4.78, 5) is 26.7. The van der Waals surface area contributed by atoms with E-state index in [0.717, 1.165) is 23.7 Å². The average molecular weight is 396 g/mol. The fourth-order valence-electron chi connectivity index (χ4n) is 3.54. The number of cyclic esters (lactones) is 1. The van der Waals surface area contributed by atoms with Crippen LogP contribution in [0.5, 0.6) is 0 Å². The first-order chi connectivity index (χ1) is 11.6. The molecule has 3 rings (SSSR count). The Balaban J connectivity index is 1.77. The summed E-state index contributed by atoms with van der Waals surface area (Å²) in [5.41, 5.74) is 0.521. The van der Waals surface area contributed by atoms with Crippen molar-refractivity contribution in [2.45, 2.75) is 37.8 Å². The van der Waals surface area contributed by atoms with Gasteiger partial charge in [-0.2, -0.15) is 0 Å². The van der Waals surface area contributed by atoms with E-state index in [-0.39, 0.29) is 24.7 Å². The number of methoxy groups -OCH3 is 1. The van der Waals surface area contributed by atoms with Gasteiger partial charge in [0.05, 0.1) is 17.6 Å². The number of hydrogen-bond donors (Lipinski definition) is 0. The third-order valence-electron chi connectivity index (χ3n) is 4.97. The zero-order chi connectivity index (χ0) is 17.2. The Hall–Kier alpha value is -1.40. The van der Waals surface area contributed by atoms with Crippen LogP contribution in [-0.4, -0.2) is 48.1 Å². The number of hydrogen-bond acceptors (Lipinski definition) is 4. The summed E-state index contributed by atoms with van der Waals surface area (Å²) in [7, 11) is 1.62. The van der Waals surface area contributed by atoms with Crippen LogP contribution in [0, 0.1) is 5.41 Å². The van der Waals surface area contributed by atoms with Crippen molar-refractivity contribution in [1.82, 2.24) is 4.90 Å². The van der Waals surface area contributed by atoms with Crippen LogP contribution >= 0.6 is 15.9 Å². The van der Waals surface area contributed by atoms with Crippen LogP contribution in [0.3, 0.4) is 0 Å². The van der Waals surface area contributed by atoms with Gasteiger partial charge in [-0.3, -0.25) is 4.79 Å². The lowest BCUT2D eigenvalue weighted by Crippen LogP contribution is -2.45. The molecule has 2 fully saturated rings. The van der Waals surface area contributed by atoms with Gasteiger partial charge in [0.1, 0.15) is 6.61 Å². The minimum Gasteiger partial charge on any atom is -0.447 e. The molecule has 1 saturated carbocycles. The van der Waals surface area contributed by atoms with Crippen LogP contribution in [0.4, 0.5) is 4.79 Å². The van der Waals surface area contributed by atoms with Crippen molar-refractivity contribution in [3.05, 3.63) is 35.9 Å². The zero-order valence-electron chi connectivity index (χ0n) is 13.7. The lowest BCUT2D eigenvalue weighted by Gasteiger charge is -2.25. The van der Waals surface area contributed by atoms with Crippen LogP contribution in [0.2, 0.25) is 0 Å². The number of halogens is 1. The third kappa shape index (κ3) is 3.22. The minimum absolute atomic E-state index is 0.102. The van der Waals surface area contributed by atoms with Gasteiger partial charge in [0.15, 0.2) is 0 Å². The first-order valence-electron chi connectivity index (χ1n) is 8.25. The Kier molecular flexibility index (Phi) is 5.25. The van der Waals surface area contributed by atoms with Crippen LogP contribution in [0.25, 0.3) is 0 Å². The summed E-state index contributed by atoms with van der Waals surface area (Å²) in [6.07, 6.45) is 2.26. The Bertz CT molecular complexity index is 608. The summed E-state index contributed by atoms with van der Waals surface area (Å²) in [5, 5.41) is 0.830. The standard InChI is InChI=1S/C18H22BrNO4/c1-23-15-11-18(15,8-5-9-19)16(21)20-14(12-24-17(20)22)10-13-6-3-2-4-7-13/h2-4,6-7,14-15H,5,8-12H2,1H3/t14-,15+,18?/m0/s1. The summed E-state index contributed by atoms with van der Waals surface area (Å²) in [5.74, 6) is -0.140. The predicted octanol–water partition coefficient (Wildman–Crippen LogP) is 3.16. The second kappa shape index (κ2) is 7.23. The molecule has 1 aliphatic heterocycles. The summed E-state index contributed by atoms with van der Waals surface area (Å²) >= 11 is 3.41. The second-order valence-corrected chi connectivity index (χ2v) is 7.27. The molecule has 24 heavy (non-hydrogen) atoms. The highest BCUT2D eigenvalue weighted by Crippen LogP contribution is 2.53. The van der Waals surface area contributed by atoms with E-state index in [1.165, 1.54) is 4.90 Å². The molecule has 1 aliphatic carbocycles. The quantitative estimate of drug-likeness (QED) is 0.665. The number of amides is 2. The molecule has 6 heteroatoms. The zero-order valence-corrected chi connectivity index (χ0v) is 15.3. The van der Waals surface area contributed by atoms with Crippen molar-refractivity contribution in [3.8, 4) is 0 Å². The minimum atomic E-state index is -0.569. The highest BCUT2D eigenvalue weighted by Gasteiger charge is 2.63. The number of nitrogens with zero attached hydrogens (tertiary/aromatic N) is 1. The Morgan fingerprint density at radius 2 is 2.17 bits per heavy atom. The largest absolute Gasteiger partial charge is 0.447 e. The summed E-state index contributed by atoms with van der Waals surface area (Å²) in [6.45, 7) is 0.256. The first-order valence-corrected chi connectivity index (χ1v) is 9.37. The van der Waals surface area contributed by atoms with Crippen LogP contribution in [-0.2, 0) is 20.7 Å². The van der Waals surface area contributed by atoms with Gasteiger partial charge in [-0.1, -0.05) is 46.3 Å². The van der Waals surface area contributed by atoms with Crippen LogP contribution < -0.4 is 0 Å². The van der Waals surface area contributed by atoms with Gasteiger partial charge in [0, 0.05) is 12.4 Å². The Morgan fingerprint density at radius 1 is 1.42 bits per heavy atom. The van der Waals surface area contributed by atoms with Crippen LogP contribution in [0.1, 0.15) is 24.8 Å². The molecule has 1 aromatic rings. The van der Waals surface area contributed by atoms with Gasteiger partial charge >= 0.3 is 6.09 Å². The monoisotopic (exact) mass is 395 g/mol. The van der Waals surface area contributed by atoms with E-state index in [9.17, 15) is 9.59 Å². The number of carbonyl (C=O) groups excluding carboxylic acids is 2. The molecular weight excluding hydrogens is 374 g/mol. The lowest BCUT2D eigenvalue weighted by atomic mass is 9.96. The fourth-order valence-corrected chi connectivity index (χ4v) is 3.82. The number of ether oxygens (including phenoxy) is 2. The highest BCUT2D eigenvalue weighted by molar-refractivity contribution is 9.09. The van der Waals surface area contributed by atoms with Crippen LogP contribution in [0.15, 0.2) is 30.3 Å². The van der Waals surface area contributed by atoms with E-state index in [0.29, 0.717) is 12.8 Å². The molecule has 1 heterocycles. The van der Waals surface area contributed by atoms with E-state index < -0.39 is 11.5 Å². The fraction of sp³-hybridized carbons (Fsp3) is 0.556. The van der Waals surface area contributed by atoms with Crippen molar-refractivity contribution in [2.24, 2.45) is 5.41 Å². The number of imide groups is 1. The van der Waals surface area contributed by atoms with Crippen molar-refractivity contribution in [3.63, 3.8) is 0 Å². The lowest BCUT2D eigenvalue weighted by molar-refractivity contribution is -0.136. The highest BCUT2D eigenvalue weighted by atomic mass is 79.9. The Labute approximate surface area is 150 Å². The number of rotatable bonds is 7. The maximum Gasteiger partial charge on any atom is 0.417 e. The molecule has 1 unspecified atom stereocenters. The van der Waals surface area contributed by atoms with E-state index in [4.69, 9.17) is 9.47 Å². The first kappa shape index (κ1) is 17.4. The molecule has 1 aromatic carbocycles. The molecule has 3 atom stereocenters. The van der Waals surface area contributed by atoms with Gasteiger partial charge in [0.25, 0.3) is 0 Å². The molecule has 1 saturated heterocycles. The normalized spacial score (nSPS) is 28.8. The predicted molar refractivity (Wildman–Crippen MR) is 93.0 cm³/mol. The van der Waals surface area contributed by atoms with Gasteiger partial charge in [-0.25, -0.2) is 9.69 Å². The van der Waals surface area contributed by atoms with Gasteiger partial charge in [-0.05, 0) is 31.2 Å². The maximum atomic E-state index is 13.1. The molecule has 2 aliphatic rings. The Morgan fingerprint density at radius 3 is 2.79 bits per heavy atom. The molecule has 2 amide bonds. The van der Waals surface area contributed by atoms with Crippen molar-refractivity contribution >= 4 is 27.9 Å². The van der Waals surface area contributed by atoms with E-state index >= 15 is 0 Å². The molecule has 5 nitrogen and oxygen atoms in total. The average Bonchev–Trinajstić information content (AvgIpc) is 3.23. The van der Waals surface area contributed by atoms with E-state index in [2.05, 4.69) is 15.9 Å². The van der Waals surface area contributed by atoms with Crippen molar-refractivity contribution < 1.29 is 19.1 Å². The maximum absolute atomic E-state index is 13.1. The van der Waals surface area contributed by atoms with E-state index in [1.807, 2.05) is 30.3 Å². The molecule has 130 valence electrons. The van der Waals surface area contributed by atoms with Crippen molar-refractivity contribution in [2.75, 3.05) is 19.0 Å². The summed E-state index contributed by atoms with van der Waals surface area (Å²) < 4.78 is 10.6. The SMILES string of the molecule is CO[C@@H]1CC1(CCCBr)C(=O)N1C(=O)OC[C@@H]1Cc1ccccc1. The molecule has 0 spiro atoms.